The highest BCUT2D eigenvalue weighted by Crippen LogP contribution is 2.55. The second-order valence-corrected chi connectivity index (χ2v) is 7.59. The molecule has 2 bridgehead atoms. The Morgan fingerprint density at radius 3 is 2.54 bits per heavy atom. The van der Waals surface area contributed by atoms with E-state index in [2.05, 4.69) is 5.32 Å². The van der Waals surface area contributed by atoms with Crippen LogP contribution in [0.2, 0.25) is 5.02 Å². The van der Waals surface area contributed by atoms with E-state index in [-0.39, 0.29) is 0 Å². The maximum absolute atomic E-state index is 12.0. The fourth-order valence-electron chi connectivity index (χ4n) is 4.74. The molecule has 2 fully saturated rings. The number of benzene rings is 1. The second-order valence-electron chi connectivity index (χ2n) is 7.18. The normalized spacial score (nSPS) is 33.6. The average molecular weight is 352 g/mol. The number of hydrogen-bond acceptors (Lipinski definition) is 5. The smallest absolute Gasteiger partial charge is 0.338 e. The largest absolute Gasteiger partial charge is 0.465 e. The zero-order valence-corrected chi connectivity index (χ0v) is 14.9. The summed E-state index contributed by atoms with van der Waals surface area (Å²) < 4.78 is 17.4. The van der Waals surface area contributed by atoms with Gasteiger partial charge >= 0.3 is 5.97 Å². The predicted octanol–water partition coefficient (Wildman–Crippen LogP) is 3.17. The summed E-state index contributed by atoms with van der Waals surface area (Å²) in [5, 5.41) is 3.88. The summed E-state index contributed by atoms with van der Waals surface area (Å²) >= 11 is 6.38. The number of methoxy groups -OCH3 is 1. The van der Waals surface area contributed by atoms with Crippen LogP contribution in [0.15, 0.2) is 6.07 Å². The van der Waals surface area contributed by atoms with Crippen molar-refractivity contribution in [1.82, 2.24) is 5.32 Å². The van der Waals surface area contributed by atoms with Gasteiger partial charge in [0.05, 0.1) is 17.7 Å². The highest BCUT2D eigenvalue weighted by molar-refractivity contribution is 6.32. The zero-order chi connectivity index (χ0) is 17.1. The second kappa shape index (κ2) is 5.53. The molecule has 1 aliphatic carbocycles. The minimum absolute atomic E-state index is 0.322. The summed E-state index contributed by atoms with van der Waals surface area (Å²) in [5.41, 5.74) is 1.13. The van der Waals surface area contributed by atoms with Crippen LogP contribution in [0.4, 0.5) is 0 Å². The lowest BCUT2D eigenvalue weighted by atomic mass is 9.80. The summed E-state index contributed by atoms with van der Waals surface area (Å²) in [5.74, 6) is 1.37. The molecule has 1 aromatic rings. The molecular formula is C18H22ClNO4. The van der Waals surface area contributed by atoms with E-state index < -0.39 is 11.8 Å². The number of nitrogens with one attached hydrogen (secondary N) is 1. The van der Waals surface area contributed by atoms with Crippen molar-refractivity contribution in [3.8, 4) is 11.5 Å². The molecule has 0 amide bonds. The van der Waals surface area contributed by atoms with Crippen LogP contribution in [0.5, 0.6) is 11.5 Å². The van der Waals surface area contributed by atoms with Crippen molar-refractivity contribution in [3.05, 3.63) is 22.2 Å². The first kappa shape index (κ1) is 16.0. The SMILES string of the molecule is COC(=O)c1cc(Cl)c2c(c1C)OC(C)(C1C3CCC1CNC3)O2. The Labute approximate surface area is 146 Å². The summed E-state index contributed by atoms with van der Waals surface area (Å²) in [6.07, 6.45) is 2.39. The molecule has 0 radical (unpaired) electrons. The molecule has 0 aromatic heterocycles. The first-order valence-corrected chi connectivity index (χ1v) is 8.82. The van der Waals surface area contributed by atoms with E-state index in [0.717, 1.165) is 13.1 Å². The van der Waals surface area contributed by atoms with E-state index in [1.165, 1.54) is 20.0 Å². The first-order valence-electron chi connectivity index (χ1n) is 8.44. The monoisotopic (exact) mass is 351 g/mol. The maximum Gasteiger partial charge on any atom is 0.338 e. The van der Waals surface area contributed by atoms with Crippen molar-refractivity contribution in [2.45, 2.75) is 32.5 Å². The van der Waals surface area contributed by atoms with Gasteiger partial charge < -0.3 is 19.5 Å². The summed E-state index contributed by atoms with van der Waals surface area (Å²) in [4.78, 5) is 12.0. The Kier molecular flexibility index (Phi) is 3.69. The van der Waals surface area contributed by atoms with E-state index in [4.69, 9.17) is 25.8 Å². The van der Waals surface area contributed by atoms with Gasteiger partial charge in [0.25, 0.3) is 5.79 Å². The van der Waals surface area contributed by atoms with Gasteiger partial charge in [0, 0.05) is 18.4 Å². The molecule has 4 rings (SSSR count). The highest BCUT2D eigenvalue weighted by atomic mass is 35.5. The number of esters is 1. The third-order valence-electron chi connectivity index (χ3n) is 5.80. The third kappa shape index (κ3) is 2.21. The molecular weight excluding hydrogens is 330 g/mol. The Balaban J connectivity index is 1.72. The summed E-state index contributed by atoms with van der Waals surface area (Å²) in [6.45, 7) is 5.84. The molecule has 24 heavy (non-hydrogen) atoms. The highest BCUT2D eigenvalue weighted by Gasteiger charge is 2.55. The Morgan fingerprint density at radius 1 is 1.29 bits per heavy atom. The number of rotatable bonds is 2. The van der Waals surface area contributed by atoms with Crippen molar-refractivity contribution in [3.63, 3.8) is 0 Å². The summed E-state index contributed by atoms with van der Waals surface area (Å²) in [7, 11) is 1.36. The van der Waals surface area contributed by atoms with Gasteiger partial charge in [0.1, 0.15) is 0 Å². The summed E-state index contributed by atoms with van der Waals surface area (Å²) in [6, 6.07) is 1.60. The molecule has 1 aromatic carbocycles. The van der Waals surface area contributed by atoms with Crippen LogP contribution in [0.3, 0.4) is 0 Å². The molecule has 130 valence electrons. The lowest BCUT2D eigenvalue weighted by Gasteiger charge is -2.40. The van der Waals surface area contributed by atoms with Gasteiger partial charge in [-0.05, 0) is 50.8 Å². The van der Waals surface area contributed by atoms with Crippen LogP contribution in [0, 0.1) is 24.7 Å². The van der Waals surface area contributed by atoms with Gasteiger partial charge in [-0.2, -0.15) is 0 Å². The number of carbonyl (C=O) groups excluding carboxylic acids is 1. The fourth-order valence-corrected chi connectivity index (χ4v) is 4.98. The molecule has 3 aliphatic rings. The molecule has 2 heterocycles. The van der Waals surface area contributed by atoms with Crippen LogP contribution in [0.1, 0.15) is 35.7 Å². The van der Waals surface area contributed by atoms with Gasteiger partial charge in [-0.1, -0.05) is 11.6 Å². The van der Waals surface area contributed by atoms with E-state index in [0.29, 0.717) is 45.4 Å². The van der Waals surface area contributed by atoms with E-state index in [9.17, 15) is 4.79 Å². The molecule has 1 saturated carbocycles. The van der Waals surface area contributed by atoms with Crippen LogP contribution in [-0.4, -0.2) is 32.0 Å². The van der Waals surface area contributed by atoms with E-state index in [1.54, 1.807) is 6.07 Å². The van der Waals surface area contributed by atoms with Crippen molar-refractivity contribution in [2.75, 3.05) is 20.2 Å². The molecule has 1 N–H and O–H groups in total. The van der Waals surface area contributed by atoms with Gasteiger partial charge in [-0.15, -0.1) is 0 Å². The molecule has 6 heteroatoms. The lowest BCUT2D eigenvalue weighted by molar-refractivity contribution is -0.139. The minimum Gasteiger partial charge on any atom is -0.465 e. The fraction of sp³-hybridized carbons (Fsp3) is 0.611. The zero-order valence-electron chi connectivity index (χ0n) is 14.1. The number of fused-ring (bicyclic) bond motifs is 3. The Bertz CT molecular complexity index is 691. The van der Waals surface area contributed by atoms with E-state index >= 15 is 0 Å². The minimum atomic E-state index is -0.737. The van der Waals surface area contributed by atoms with Crippen LogP contribution < -0.4 is 14.8 Å². The molecule has 1 saturated heterocycles. The number of piperidine rings is 1. The average Bonchev–Trinajstić information content (AvgIpc) is 3.06. The lowest BCUT2D eigenvalue weighted by Crippen LogP contribution is -2.53. The Hall–Kier alpha value is -1.46. The number of halogens is 1. The van der Waals surface area contributed by atoms with Gasteiger partial charge in [-0.3, -0.25) is 0 Å². The van der Waals surface area contributed by atoms with Crippen molar-refractivity contribution in [2.24, 2.45) is 17.8 Å². The number of ether oxygens (including phenoxy) is 3. The molecule has 3 atom stereocenters. The maximum atomic E-state index is 12.0. The van der Waals surface area contributed by atoms with Crippen molar-refractivity contribution < 1.29 is 19.0 Å². The van der Waals surface area contributed by atoms with Gasteiger partial charge in [-0.25, -0.2) is 4.79 Å². The quantitative estimate of drug-likeness (QED) is 0.829. The molecule has 0 spiro atoms. The molecule has 2 aliphatic heterocycles. The van der Waals surface area contributed by atoms with Crippen LogP contribution >= 0.6 is 11.6 Å². The van der Waals surface area contributed by atoms with Crippen LogP contribution in [-0.2, 0) is 4.74 Å². The van der Waals surface area contributed by atoms with Crippen molar-refractivity contribution in [1.29, 1.82) is 0 Å². The van der Waals surface area contributed by atoms with Gasteiger partial charge in [0.2, 0.25) is 0 Å². The Morgan fingerprint density at radius 2 is 1.92 bits per heavy atom. The topological polar surface area (TPSA) is 56.8 Å². The van der Waals surface area contributed by atoms with Crippen molar-refractivity contribution >= 4 is 17.6 Å². The third-order valence-corrected chi connectivity index (χ3v) is 6.08. The number of hydrogen-bond donors (Lipinski definition) is 1. The standard InChI is InChI=1S/C18H22ClNO4/c1-9-12(17(21)22-3)6-13(19)16-15(9)23-18(2,24-16)14-10-4-5-11(14)8-20-7-10/h6,10-11,14,20H,4-5,7-8H2,1-3H3. The van der Waals surface area contributed by atoms with Gasteiger partial charge in [0.15, 0.2) is 11.5 Å². The molecule has 5 nitrogen and oxygen atoms in total. The molecule has 3 unspecified atom stereocenters. The predicted molar refractivity (Wildman–Crippen MR) is 89.8 cm³/mol. The number of carbonyl (C=O) groups is 1. The van der Waals surface area contributed by atoms with Crippen LogP contribution in [0.25, 0.3) is 0 Å². The first-order chi connectivity index (χ1) is 11.4. The van der Waals surface area contributed by atoms with E-state index in [1.807, 2.05) is 13.8 Å².